The lowest BCUT2D eigenvalue weighted by Crippen LogP contribution is -2.35. The Balaban J connectivity index is 1.69. The van der Waals surface area contributed by atoms with Crippen molar-refractivity contribution >= 4 is 5.78 Å². The van der Waals surface area contributed by atoms with Gasteiger partial charge in [0.15, 0.2) is 0 Å². The molecule has 0 aliphatic heterocycles. The molecule has 2 nitrogen and oxygen atoms in total. The summed E-state index contributed by atoms with van der Waals surface area (Å²) in [7, 11) is 1.69. The maximum Gasteiger partial charge on any atom is 0.146 e. The molecule has 0 amide bonds. The highest BCUT2D eigenvalue weighted by Crippen LogP contribution is 2.75. The quantitative estimate of drug-likeness (QED) is 0.514. The number of benzene rings is 3. The summed E-state index contributed by atoms with van der Waals surface area (Å²) >= 11 is 0. The number of carbonyl (C=O) groups excluding carboxylic acids is 1. The first kappa shape index (κ1) is 19.1. The fraction of sp³-hybridized carbons (Fsp3) is 0.321. The fourth-order valence-corrected chi connectivity index (χ4v) is 6.56. The summed E-state index contributed by atoms with van der Waals surface area (Å²) in [5.74, 6) is 1.81. The van der Waals surface area contributed by atoms with Crippen molar-refractivity contribution in [2.75, 3.05) is 7.11 Å². The van der Waals surface area contributed by atoms with Crippen molar-refractivity contribution in [3.05, 3.63) is 102 Å². The summed E-state index contributed by atoms with van der Waals surface area (Å²) in [5.41, 5.74) is 2.97. The lowest BCUT2D eigenvalue weighted by atomic mass is 9.57. The molecule has 2 fully saturated rings. The second kappa shape index (κ2) is 6.84. The highest BCUT2D eigenvalue weighted by Gasteiger charge is 2.72. The standard InChI is InChI=1S/C28H28O2/c1-27-18-23(19-14-16-22(30-3)17-15-19)28(2,26(27)29)25(21-12-8-5-9-13-21)24(27)20-10-6-4-7-11-20/h4-17,23-25H,18H2,1-3H3/t23-,24-,25-,27-,28+/m1/s1. The Morgan fingerprint density at radius 3 is 1.80 bits per heavy atom. The van der Waals surface area contributed by atoms with E-state index in [9.17, 15) is 4.79 Å². The predicted molar refractivity (Wildman–Crippen MR) is 120 cm³/mol. The molecule has 5 rings (SSSR count). The molecule has 0 unspecified atom stereocenters. The minimum atomic E-state index is -0.439. The van der Waals surface area contributed by atoms with Gasteiger partial charge in [-0.25, -0.2) is 0 Å². The summed E-state index contributed by atoms with van der Waals surface area (Å²) in [6.07, 6.45) is 0.886. The monoisotopic (exact) mass is 396 g/mol. The van der Waals surface area contributed by atoms with Gasteiger partial charge >= 0.3 is 0 Å². The Labute approximate surface area is 178 Å². The van der Waals surface area contributed by atoms with Gasteiger partial charge in [0.2, 0.25) is 0 Å². The molecule has 0 spiro atoms. The van der Waals surface area contributed by atoms with E-state index in [0.717, 1.165) is 12.2 Å². The zero-order valence-electron chi connectivity index (χ0n) is 17.8. The van der Waals surface area contributed by atoms with Gasteiger partial charge < -0.3 is 4.74 Å². The van der Waals surface area contributed by atoms with E-state index >= 15 is 0 Å². The molecule has 0 saturated heterocycles. The third-order valence-electron chi connectivity index (χ3n) is 7.86. The molecule has 0 heterocycles. The van der Waals surface area contributed by atoms with Gasteiger partial charge in [-0.15, -0.1) is 0 Å². The largest absolute Gasteiger partial charge is 0.497 e. The number of methoxy groups -OCH3 is 1. The smallest absolute Gasteiger partial charge is 0.146 e. The molecular formula is C28H28O2. The normalized spacial score (nSPS) is 32.4. The van der Waals surface area contributed by atoms with Crippen LogP contribution in [0.2, 0.25) is 0 Å². The first-order valence-corrected chi connectivity index (χ1v) is 10.8. The van der Waals surface area contributed by atoms with Crippen LogP contribution in [0.15, 0.2) is 84.9 Å². The lowest BCUT2D eigenvalue weighted by molar-refractivity contribution is -0.128. The van der Waals surface area contributed by atoms with Crippen LogP contribution < -0.4 is 4.74 Å². The van der Waals surface area contributed by atoms with E-state index in [2.05, 4.69) is 86.6 Å². The number of ketones is 1. The van der Waals surface area contributed by atoms with Gasteiger partial charge in [0.25, 0.3) is 0 Å². The van der Waals surface area contributed by atoms with Gasteiger partial charge in [0.05, 0.1) is 7.11 Å². The number of ether oxygens (including phenoxy) is 1. The second-order valence-electron chi connectivity index (χ2n) is 9.34. The van der Waals surface area contributed by atoms with Crippen molar-refractivity contribution in [1.29, 1.82) is 0 Å². The molecule has 0 radical (unpaired) electrons. The summed E-state index contributed by atoms with van der Waals surface area (Å²) < 4.78 is 5.36. The molecule has 3 aromatic rings. The van der Waals surface area contributed by atoms with Crippen molar-refractivity contribution in [2.24, 2.45) is 10.8 Å². The van der Waals surface area contributed by atoms with E-state index in [0.29, 0.717) is 5.78 Å². The van der Waals surface area contributed by atoms with Gasteiger partial charge in [-0.2, -0.15) is 0 Å². The van der Waals surface area contributed by atoms with E-state index < -0.39 is 5.41 Å². The number of rotatable bonds is 4. The Bertz CT molecular complexity index is 1060. The van der Waals surface area contributed by atoms with Crippen molar-refractivity contribution < 1.29 is 9.53 Å². The van der Waals surface area contributed by atoms with Gasteiger partial charge in [0, 0.05) is 22.7 Å². The highest BCUT2D eigenvalue weighted by molar-refractivity contribution is 5.98. The molecule has 2 heteroatoms. The number of hydrogen-bond acceptors (Lipinski definition) is 2. The summed E-state index contributed by atoms with van der Waals surface area (Å²) in [6, 6.07) is 29.6. The molecule has 0 N–H and O–H groups in total. The van der Waals surface area contributed by atoms with Gasteiger partial charge in [0.1, 0.15) is 11.5 Å². The second-order valence-corrected chi connectivity index (χ2v) is 9.34. The zero-order chi connectivity index (χ0) is 20.9. The van der Waals surface area contributed by atoms with E-state index in [1.807, 2.05) is 12.1 Å². The van der Waals surface area contributed by atoms with Crippen molar-refractivity contribution in [2.45, 2.75) is 38.0 Å². The SMILES string of the molecule is COc1ccc([C@H]2C[C@@]3(C)C(=O)[C@]2(C)[C@H](c2ccccc2)[C@H]3c2ccccc2)cc1. The Morgan fingerprint density at radius 2 is 1.27 bits per heavy atom. The van der Waals surface area contributed by atoms with Crippen molar-refractivity contribution in [3.8, 4) is 5.75 Å². The van der Waals surface area contributed by atoms with E-state index in [-0.39, 0.29) is 23.2 Å². The topological polar surface area (TPSA) is 26.3 Å². The number of carbonyl (C=O) groups is 1. The van der Waals surface area contributed by atoms with Crippen LogP contribution in [0, 0.1) is 10.8 Å². The number of fused-ring (bicyclic) bond motifs is 2. The maximum absolute atomic E-state index is 14.1. The minimum absolute atomic E-state index is 0.152. The van der Waals surface area contributed by atoms with Crippen LogP contribution in [0.1, 0.15) is 54.7 Å². The molecule has 0 aromatic heterocycles. The van der Waals surface area contributed by atoms with E-state index in [1.165, 1.54) is 16.7 Å². The zero-order valence-corrected chi connectivity index (χ0v) is 17.8. The van der Waals surface area contributed by atoms with E-state index in [4.69, 9.17) is 4.74 Å². The van der Waals surface area contributed by atoms with Crippen LogP contribution in [-0.4, -0.2) is 12.9 Å². The van der Waals surface area contributed by atoms with Crippen LogP contribution >= 0.6 is 0 Å². The fourth-order valence-electron chi connectivity index (χ4n) is 6.56. The first-order valence-electron chi connectivity index (χ1n) is 10.8. The van der Waals surface area contributed by atoms with Crippen LogP contribution in [-0.2, 0) is 4.79 Å². The molecule has 2 aliphatic rings. The summed E-state index contributed by atoms with van der Waals surface area (Å²) in [6.45, 7) is 4.42. The molecule has 5 atom stereocenters. The molecule has 3 aromatic carbocycles. The maximum atomic E-state index is 14.1. The molecular weight excluding hydrogens is 368 g/mol. The summed E-state index contributed by atoms with van der Waals surface area (Å²) in [4.78, 5) is 14.1. The van der Waals surface area contributed by atoms with Gasteiger partial charge in [-0.3, -0.25) is 4.79 Å². The van der Waals surface area contributed by atoms with Gasteiger partial charge in [-0.1, -0.05) is 86.6 Å². The summed E-state index contributed by atoms with van der Waals surface area (Å²) in [5, 5.41) is 0. The average Bonchev–Trinajstić information content (AvgIpc) is 3.11. The number of Topliss-reactive ketones (excluding diaryl/α,β-unsaturated/α-hetero) is 1. The highest BCUT2D eigenvalue weighted by atomic mass is 16.5. The predicted octanol–water partition coefficient (Wildman–Crippen LogP) is 6.35. The first-order chi connectivity index (χ1) is 14.5. The Morgan fingerprint density at radius 1 is 0.733 bits per heavy atom. The molecule has 152 valence electrons. The molecule has 2 saturated carbocycles. The van der Waals surface area contributed by atoms with Crippen LogP contribution in [0.5, 0.6) is 5.75 Å². The third-order valence-corrected chi connectivity index (χ3v) is 7.86. The lowest BCUT2D eigenvalue weighted by Gasteiger charge is -2.44. The van der Waals surface area contributed by atoms with E-state index in [1.54, 1.807) is 7.11 Å². The van der Waals surface area contributed by atoms with Crippen LogP contribution in [0.25, 0.3) is 0 Å². The average molecular weight is 397 g/mol. The molecule has 30 heavy (non-hydrogen) atoms. The Kier molecular flexibility index (Phi) is 4.36. The van der Waals surface area contributed by atoms with Crippen LogP contribution in [0.4, 0.5) is 0 Å². The minimum Gasteiger partial charge on any atom is -0.497 e. The van der Waals surface area contributed by atoms with Crippen molar-refractivity contribution in [3.63, 3.8) is 0 Å². The van der Waals surface area contributed by atoms with Crippen molar-refractivity contribution in [1.82, 2.24) is 0 Å². The Hall–Kier alpha value is -2.87. The van der Waals surface area contributed by atoms with Crippen LogP contribution in [0.3, 0.4) is 0 Å². The molecule has 2 bridgehead atoms. The third kappa shape index (κ3) is 2.52. The molecule has 2 aliphatic carbocycles. The van der Waals surface area contributed by atoms with Gasteiger partial charge in [-0.05, 0) is 41.2 Å². The number of hydrogen-bond donors (Lipinski definition) is 0.